The van der Waals surface area contributed by atoms with Crippen molar-refractivity contribution in [3.8, 4) is 5.75 Å². The first kappa shape index (κ1) is 11.3. The zero-order chi connectivity index (χ0) is 11.5. The molecule has 16 heavy (non-hydrogen) atoms. The van der Waals surface area contributed by atoms with Crippen LogP contribution >= 0.6 is 0 Å². The minimum Gasteiger partial charge on any atom is -0.495 e. The predicted octanol–water partition coefficient (Wildman–Crippen LogP) is 1.80. The van der Waals surface area contributed by atoms with E-state index in [1.807, 2.05) is 0 Å². The smallest absolute Gasteiger partial charge is 0.142 e. The second kappa shape index (κ2) is 4.74. The average Bonchev–Trinajstić information content (AvgIpc) is 2.30. The van der Waals surface area contributed by atoms with Crippen LogP contribution in [0.25, 0.3) is 0 Å². The van der Waals surface area contributed by atoms with Crippen molar-refractivity contribution in [1.29, 1.82) is 0 Å². The van der Waals surface area contributed by atoms with Gasteiger partial charge in [0.05, 0.1) is 12.8 Å². The summed E-state index contributed by atoms with van der Waals surface area (Å²) in [4.78, 5) is 2.41. The van der Waals surface area contributed by atoms with Crippen molar-refractivity contribution in [2.75, 3.05) is 31.6 Å². The molecule has 1 fully saturated rings. The van der Waals surface area contributed by atoms with E-state index < -0.39 is 0 Å². The highest BCUT2D eigenvalue weighted by molar-refractivity contribution is 5.60. The number of ether oxygens (including phenoxy) is 1. The highest BCUT2D eigenvalue weighted by Gasteiger charge is 2.20. The molecule has 88 valence electrons. The number of hydrogen-bond donors (Lipinski definition) is 1. The van der Waals surface area contributed by atoms with Crippen molar-refractivity contribution in [3.05, 3.63) is 23.8 Å². The minimum atomic E-state index is 0.519. The number of benzene rings is 1. The van der Waals surface area contributed by atoms with Gasteiger partial charge in [0.1, 0.15) is 5.75 Å². The van der Waals surface area contributed by atoms with Gasteiger partial charge in [0.25, 0.3) is 0 Å². The summed E-state index contributed by atoms with van der Waals surface area (Å²) in [6.07, 6.45) is 0. The molecule has 0 spiro atoms. The maximum Gasteiger partial charge on any atom is 0.142 e. The number of methoxy groups -OCH3 is 1. The SMILES string of the molecule is COc1cc(C)ccc1N1CCNC[C@H]1C. The molecule has 3 heteroatoms. The van der Waals surface area contributed by atoms with Crippen LogP contribution in [0.5, 0.6) is 5.75 Å². The third-order valence-electron chi connectivity index (χ3n) is 3.15. The van der Waals surface area contributed by atoms with Crippen LogP contribution in [-0.2, 0) is 0 Å². The molecule has 0 aliphatic carbocycles. The molecule has 1 saturated heterocycles. The fraction of sp³-hybridized carbons (Fsp3) is 0.538. The molecule has 0 unspecified atom stereocenters. The maximum absolute atomic E-state index is 5.47. The third kappa shape index (κ3) is 2.14. The topological polar surface area (TPSA) is 24.5 Å². The van der Waals surface area contributed by atoms with Crippen LogP contribution < -0.4 is 15.0 Å². The minimum absolute atomic E-state index is 0.519. The zero-order valence-corrected chi connectivity index (χ0v) is 10.3. The summed E-state index contributed by atoms with van der Waals surface area (Å²) >= 11 is 0. The van der Waals surface area contributed by atoms with Gasteiger partial charge in [-0.15, -0.1) is 0 Å². The van der Waals surface area contributed by atoms with Gasteiger partial charge in [0.15, 0.2) is 0 Å². The van der Waals surface area contributed by atoms with Crippen LogP contribution in [-0.4, -0.2) is 32.8 Å². The summed E-state index contributed by atoms with van der Waals surface area (Å²) in [7, 11) is 1.74. The molecule has 0 saturated carbocycles. The van der Waals surface area contributed by atoms with Gasteiger partial charge in [-0.05, 0) is 31.5 Å². The van der Waals surface area contributed by atoms with Gasteiger partial charge in [-0.2, -0.15) is 0 Å². The monoisotopic (exact) mass is 220 g/mol. The lowest BCUT2D eigenvalue weighted by atomic mass is 10.1. The summed E-state index contributed by atoms with van der Waals surface area (Å²) in [5, 5.41) is 3.40. The van der Waals surface area contributed by atoms with E-state index in [0.29, 0.717) is 6.04 Å². The number of aryl methyl sites for hydroxylation is 1. The summed E-state index contributed by atoms with van der Waals surface area (Å²) < 4.78 is 5.47. The molecule has 1 atom stereocenters. The van der Waals surface area contributed by atoms with E-state index in [2.05, 4.69) is 42.3 Å². The third-order valence-corrected chi connectivity index (χ3v) is 3.15. The van der Waals surface area contributed by atoms with E-state index in [-0.39, 0.29) is 0 Å². The molecule has 1 aromatic rings. The van der Waals surface area contributed by atoms with Crippen molar-refractivity contribution in [3.63, 3.8) is 0 Å². The quantitative estimate of drug-likeness (QED) is 0.822. The molecule has 1 N–H and O–H groups in total. The Labute approximate surface area is 97.4 Å². The van der Waals surface area contributed by atoms with Gasteiger partial charge in [0.2, 0.25) is 0 Å². The number of nitrogens with zero attached hydrogens (tertiary/aromatic N) is 1. The number of nitrogens with one attached hydrogen (secondary N) is 1. The van der Waals surface area contributed by atoms with E-state index in [0.717, 1.165) is 25.4 Å². The Morgan fingerprint density at radius 2 is 2.25 bits per heavy atom. The Balaban J connectivity index is 2.30. The Morgan fingerprint density at radius 3 is 2.94 bits per heavy atom. The molecule has 1 aliphatic heterocycles. The fourth-order valence-corrected chi connectivity index (χ4v) is 2.22. The Kier molecular flexibility index (Phi) is 3.34. The average molecular weight is 220 g/mol. The van der Waals surface area contributed by atoms with E-state index in [9.17, 15) is 0 Å². The van der Waals surface area contributed by atoms with Crippen molar-refractivity contribution < 1.29 is 4.74 Å². The van der Waals surface area contributed by atoms with Crippen molar-refractivity contribution >= 4 is 5.69 Å². The van der Waals surface area contributed by atoms with Gasteiger partial charge < -0.3 is 15.0 Å². The maximum atomic E-state index is 5.47. The summed E-state index contributed by atoms with van der Waals surface area (Å²) in [6.45, 7) is 7.46. The second-order valence-electron chi connectivity index (χ2n) is 4.42. The highest BCUT2D eigenvalue weighted by atomic mass is 16.5. The normalized spacial score (nSPS) is 20.9. The first-order valence-corrected chi connectivity index (χ1v) is 5.84. The lowest BCUT2D eigenvalue weighted by Crippen LogP contribution is -2.50. The number of anilines is 1. The molecule has 0 radical (unpaired) electrons. The van der Waals surface area contributed by atoms with Crippen LogP contribution in [0.2, 0.25) is 0 Å². The van der Waals surface area contributed by atoms with E-state index >= 15 is 0 Å². The van der Waals surface area contributed by atoms with Crippen LogP contribution in [0.4, 0.5) is 5.69 Å². The van der Waals surface area contributed by atoms with E-state index in [1.54, 1.807) is 7.11 Å². The molecule has 1 heterocycles. The number of hydrogen-bond acceptors (Lipinski definition) is 3. The Bertz CT molecular complexity index is 365. The molecule has 0 amide bonds. The Morgan fingerprint density at radius 1 is 1.44 bits per heavy atom. The van der Waals surface area contributed by atoms with Crippen molar-refractivity contribution in [2.24, 2.45) is 0 Å². The van der Waals surface area contributed by atoms with Crippen molar-refractivity contribution in [2.45, 2.75) is 19.9 Å². The lowest BCUT2D eigenvalue weighted by Gasteiger charge is -2.36. The van der Waals surface area contributed by atoms with Gasteiger partial charge in [-0.25, -0.2) is 0 Å². The molecule has 1 aromatic carbocycles. The molecule has 2 rings (SSSR count). The molecule has 3 nitrogen and oxygen atoms in total. The number of piperazine rings is 1. The standard InChI is InChI=1S/C13H20N2O/c1-10-4-5-12(13(8-10)16-3)15-7-6-14-9-11(15)2/h4-5,8,11,14H,6-7,9H2,1-3H3/t11-/m1/s1. The number of rotatable bonds is 2. The Hall–Kier alpha value is -1.22. The lowest BCUT2D eigenvalue weighted by molar-refractivity contribution is 0.409. The highest BCUT2D eigenvalue weighted by Crippen LogP contribution is 2.30. The molecular formula is C13H20N2O. The molecule has 0 bridgehead atoms. The summed E-state index contributed by atoms with van der Waals surface area (Å²) in [6, 6.07) is 6.93. The van der Waals surface area contributed by atoms with Gasteiger partial charge >= 0.3 is 0 Å². The predicted molar refractivity (Wildman–Crippen MR) is 67.4 cm³/mol. The first-order chi connectivity index (χ1) is 7.72. The molecule has 0 aromatic heterocycles. The molecule has 1 aliphatic rings. The van der Waals surface area contributed by atoms with Crippen LogP contribution in [0, 0.1) is 6.92 Å². The van der Waals surface area contributed by atoms with Gasteiger partial charge in [0, 0.05) is 25.7 Å². The van der Waals surface area contributed by atoms with Crippen molar-refractivity contribution in [1.82, 2.24) is 5.32 Å². The fourth-order valence-electron chi connectivity index (χ4n) is 2.22. The molecular weight excluding hydrogens is 200 g/mol. The zero-order valence-electron chi connectivity index (χ0n) is 10.3. The first-order valence-electron chi connectivity index (χ1n) is 5.84. The van der Waals surface area contributed by atoms with Gasteiger partial charge in [-0.1, -0.05) is 6.07 Å². The van der Waals surface area contributed by atoms with Crippen LogP contribution in [0.3, 0.4) is 0 Å². The van der Waals surface area contributed by atoms with Crippen LogP contribution in [0.15, 0.2) is 18.2 Å². The van der Waals surface area contributed by atoms with E-state index in [1.165, 1.54) is 11.3 Å². The summed E-state index contributed by atoms with van der Waals surface area (Å²) in [5.41, 5.74) is 2.45. The van der Waals surface area contributed by atoms with E-state index in [4.69, 9.17) is 4.74 Å². The van der Waals surface area contributed by atoms with Crippen LogP contribution in [0.1, 0.15) is 12.5 Å². The second-order valence-corrected chi connectivity index (χ2v) is 4.42. The largest absolute Gasteiger partial charge is 0.495 e. The van der Waals surface area contributed by atoms with Gasteiger partial charge in [-0.3, -0.25) is 0 Å². The summed E-state index contributed by atoms with van der Waals surface area (Å²) in [5.74, 6) is 0.980.